The molecule has 18 heavy (non-hydrogen) atoms. The van der Waals surface area contributed by atoms with Crippen LogP contribution in [0.3, 0.4) is 0 Å². The first-order valence-electron chi connectivity index (χ1n) is 6.82. The minimum Gasteiger partial charge on any atom is -0.386 e. The number of hydrogen-bond acceptors (Lipinski definition) is 3. The van der Waals surface area contributed by atoms with Gasteiger partial charge in [-0.25, -0.2) is 0 Å². The van der Waals surface area contributed by atoms with E-state index in [1.165, 1.54) is 0 Å². The van der Waals surface area contributed by atoms with Crippen molar-refractivity contribution >= 4 is 11.8 Å². The highest BCUT2D eigenvalue weighted by atomic mass is 16.3. The molecule has 2 heterocycles. The minimum absolute atomic E-state index is 0.0385. The van der Waals surface area contributed by atoms with E-state index < -0.39 is 5.60 Å². The van der Waals surface area contributed by atoms with Crippen molar-refractivity contribution in [1.82, 2.24) is 9.80 Å². The van der Waals surface area contributed by atoms with Crippen molar-refractivity contribution < 1.29 is 14.7 Å². The lowest BCUT2D eigenvalue weighted by molar-refractivity contribution is -0.158. The van der Waals surface area contributed by atoms with Crippen LogP contribution in [0.25, 0.3) is 0 Å². The number of carbonyl (C=O) groups is 2. The lowest BCUT2D eigenvalue weighted by Gasteiger charge is -2.46. The van der Waals surface area contributed by atoms with Gasteiger partial charge in [-0.15, -0.1) is 0 Å². The van der Waals surface area contributed by atoms with E-state index >= 15 is 0 Å². The van der Waals surface area contributed by atoms with Gasteiger partial charge in [0.15, 0.2) is 0 Å². The Bertz CT molecular complexity index is 337. The van der Waals surface area contributed by atoms with Crippen molar-refractivity contribution in [3.05, 3.63) is 0 Å². The molecule has 0 radical (unpaired) electrons. The van der Waals surface area contributed by atoms with Gasteiger partial charge >= 0.3 is 0 Å². The highest BCUT2D eigenvalue weighted by molar-refractivity contribution is 5.85. The highest BCUT2D eigenvalue weighted by Crippen LogP contribution is 2.24. The van der Waals surface area contributed by atoms with Crippen molar-refractivity contribution in [2.45, 2.75) is 44.6 Å². The number of nitrogens with zero attached hydrogens (tertiary/aromatic N) is 2. The zero-order valence-electron chi connectivity index (χ0n) is 11.0. The van der Waals surface area contributed by atoms with Gasteiger partial charge in [0.1, 0.15) is 0 Å². The molecule has 0 bridgehead atoms. The number of aliphatic hydroxyl groups is 1. The second kappa shape index (κ2) is 5.26. The number of β-amino-alcohol motifs (C(OH)–C–C–N with tert-alkyl or cyclic N) is 1. The summed E-state index contributed by atoms with van der Waals surface area (Å²) in [6, 6.07) is 0. The Morgan fingerprint density at radius 2 is 2.06 bits per heavy atom. The fourth-order valence-electron chi connectivity index (χ4n) is 2.53. The average Bonchev–Trinajstić information content (AvgIpc) is 2.51. The third kappa shape index (κ3) is 2.83. The van der Waals surface area contributed by atoms with Crippen LogP contribution in [0.1, 0.15) is 39.0 Å². The molecule has 0 aliphatic carbocycles. The van der Waals surface area contributed by atoms with Crippen LogP contribution in [-0.2, 0) is 9.59 Å². The molecular formula is C13H22N2O3. The van der Waals surface area contributed by atoms with Crippen LogP contribution in [-0.4, -0.2) is 58.5 Å². The van der Waals surface area contributed by atoms with Crippen molar-refractivity contribution in [3.8, 4) is 0 Å². The second-order valence-electron chi connectivity index (χ2n) is 5.45. The molecule has 0 saturated carbocycles. The first kappa shape index (κ1) is 13.3. The molecular weight excluding hydrogens is 232 g/mol. The van der Waals surface area contributed by atoms with Gasteiger partial charge in [0.05, 0.1) is 25.2 Å². The summed E-state index contributed by atoms with van der Waals surface area (Å²) in [4.78, 5) is 27.0. The molecule has 2 aliphatic heterocycles. The van der Waals surface area contributed by atoms with Gasteiger partial charge in [0.2, 0.25) is 11.8 Å². The molecule has 0 atom stereocenters. The van der Waals surface area contributed by atoms with Crippen molar-refractivity contribution in [3.63, 3.8) is 0 Å². The molecule has 2 fully saturated rings. The summed E-state index contributed by atoms with van der Waals surface area (Å²) in [5.74, 6) is 0.0514. The SMILES string of the molecule is CCC1(O)CN(C(=O)CN2CCCCCC2=O)C1. The Hall–Kier alpha value is -1.10. The van der Waals surface area contributed by atoms with Crippen LogP contribution in [0.15, 0.2) is 0 Å². The largest absolute Gasteiger partial charge is 0.386 e. The molecule has 0 spiro atoms. The minimum atomic E-state index is -0.696. The maximum atomic E-state index is 12.0. The van der Waals surface area contributed by atoms with E-state index in [0.29, 0.717) is 32.5 Å². The van der Waals surface area contributed by atoms with Gasteiger partial charge in [-0.3, -0.25) is 9.59 Å². The average molecular weight is 254 g/mol. The quantitative estimate of drug-likeness (QED) is 0.791. The Morgan fingerprint density at radius 1 is 1.33 bits per heavy atom. The maximum absolute atomic E-state index is 12.0. The predicted molar refractivity (Wildman–Crippen MR) is 66.9 cm³/mol. The topological polar surface area (TPSA) is 60.9 Å². The number of carbonyl (C=O) groups excluding carboxylic acids is 2. The van der Waals surface area contributed by atoms with Crippen LogP contribution >= 0.6 is 0 Å². The van der Waals surface area contributed by atoms with Crippen molar-refractivity contribution in [2.75, 3.05) is 26.2 Å². The Balaban J connectivity index is 1.82. The highest BCUT2D eigenvalue weighted by Gasteiger charge is 2.42. The van der Waals surface area contributed by atoms with E-state index in [2.05, 4.69) is 0 Å². The van der Waals surface area contributed by atoms with Crippen LogP contribution in [0.4, 0.5) is 0 Å². The molecule has 0 aromatic carbocycles. The lowest BCUT2D eigenvalue weighted by Crippen LogP contribution is -2.64. The summed E-state index contributed by atoms with van der Waals surface area (Å²) in [7, 11) is 0. The molecule has 1 N–H and O–H groups in total. The fraction of sp³-hybridized carbons (Fsp3) is 0.846. The van der Waals surface area contributed by atoms with E-state index in [-0.39, 0.29) is 18.4 Å². The van der Waals surface area contributed by atoms with Crippen LogP contribution in [0.2, 0.25) is 0 Å². The van der Waals surface area contributed by atoms with E-state index in [1.54, 1.807) is 9.80 Å². The third-order valence-electron chi connectivity index (χ3n) is 3.98. The molecule has 5 heteroatoms. The lowest BCUT2D eigenvalue weighted by atomic mass is 9.91. The molecule has 5 nitrogen and oxygen atoms in total. The summed E-state index contributed by atoms with van der Waals surface area (Å²) in [6.45, 7) is 3.60. The van der Waals surface area contributed by atoms with Gasteiger partial charge in [-0.05, 0) is 19.3 Å². The van der Waals surface area contributed by atoms with E-state index in [4.69, 9.17) is 0 Å². The third-order valence-corrected chi connectivity index (χ3v) is 3.98. The van der Waals surface area contributed by atoms with Gasteiger partial charge in [-0.1, -0.05) is 13.3 Å². The number of hydrogen-bond donors (Lipinski definition) is 1. The fourth-order valence-corrected chi connectivity index (χ4v) is 2.53. The summed E-state index contributed by atoms with van der Waals surface area (Å²) in [6.07, 6.45) is 4.21. The molecule has 2 rings (SSSR count). The zero-order valence-corrected chi connectivity index (χ0v) is 11.0. The standard InChI is InChI=1S/C13H22N2O3/c1-2-13(18)9-15(10-13)12(17)8-14-7-5-3-4-6-11(14)16/h18H,2-10H2,1H3. The Morgan fingerprint density at radius 3 is 2.72 bits per heavy atom. The van der Waals surface area contributed by atoms with Crippen LogP contribution in [0.5, 0.6) is 0 Å². The van der Waals surface area contributed by atoms with Gasteiger partial charge in [0.25, 0.3) is 0 Å². The van der Waals surface area contributed by atoms with Crippen LogP contribution in [0, 0.1) is 0 Å². The smallest absolute Gasteiger partial charge is 0.242 e. The molecule has 0 aromatic heterocycles. The van der Waals surface area contributed by atoms with Gasteiger partial charge < -0.3 is 14.9 Å². The van der Waals surface area contributed by atoms with Crippen molar-refractivity contribution in [2.24, 2.45) is 0 Å². The number of rotatable bonds is 3. The van der Waals surface area contributed by atoms with Gasteiger partial charge in [0, 0.05) is 13.0 Å². The van der Waals surface area contributed by atoms with E-state index in [0.717, 1.165) is 19.3 Å². The maximum Gasteiger partial charge on any atom is 0.242 e. The normalized spacial score (nSPS) is 23.6. The molecule has 2 amide bonds. The molecule has 2 aliphatic rings. The van der Waals surface area contributed by atoms with Crippen LogP contribution < -0.4 is 0 Å². The number of amides is 2. The molecule has 102 valence electrons. The van der Waals surface area contributed by atoms with Crippen molar-refractivity contribution in [1.29, 1.82) is 0 Å². The Kier molecular flexibility index (Phi) is 3.90. The molecule has 0 aromatic rings. The van der Waals surface area contributed by atoms with Gasteiger partial charge in [-0.2, -0.15) is 0 Å². The number of likely N-dealkylation sites (tertiary alicyclic amines) is 2. The first-order valence-corrected chi connectivity index (χ1v) is 6.82. The van der Waals surface area contributed by atoms with E-state index in [1.807, 2.05) is 6.92 Å². The Labute approximate surface area is 108 Å². The molecule has 2 saturated heterocycles. The predicted octanol–water partition coefficient (Wildman–Crippen LogP) is 0.372. The monoisotopic (exact) mass is 254 g/mol. The zero-order chi connectivity index (χ0) is 13.2. The summed E-state index contributed by atoms with van der Waals surface area (Å²) in [5, 5.41) is 9.87. The first-order chi connectivity index (χ1) is 8.54. The summed E-state index contributed by atoms with van der Waals surface area (Å²) >= 11 is 0. The second-order valence-corrected chi connectivity index (χ2v) is 5.45. The summed E-state index contributed by atoms with van der Waals surface area (Å²) in [5.41, 5.74) is -0.696. The van der Waals surface area contributed by atoms with E-state index in [9.17, 15) is 14.7 Å². The molecule has 0 unspecified atom stereocenters. The summed E-state index contributed by atoms with van der Waals surface area (Å²) < 4.78 is 0.